The van der Waals surface area contributed by atoms with Crippen LogP contribution in [0.3, 0.4) is 0 Å². The molecule has 3 N–H and O–H groups in total. The summed E-state index contributed by atoms with van der Waals surface area (Å²) in [6.45, 7) is 1.02. The highest BCUT2D eigenvalue weighted by Gasteiger charge is 2.24. The molecule has 0 radical (unpaired) electrons. The minimum Gasteiger partial charge on any atom is -0.368 e. The van der Waals surface area contributed by atoms with Crippen LogP contribution in [0.5, 0.6) is 0 Å². The molecule has 1 fully saturated rings. The molecule has 1 aliphatic rings. The van der Waals surface area contributed by atoms with Crippen molar-refractivity contribution in [3.8, 4) is 0 Å². The third kappa shape index (κ3) is 1.56. The lowest BCUT2D eigenvalue weighted by atomic mass is 10.3. The number of imidazole rings is 1. The van der Waals surface area contributed by atoms with Crippen LogP contribution in [0.4, 0.5) is 11.8 Å². The number of fused-ring (bicyclic) bond motifs is 1. The fourth-order valence-corrected chi connectivity index (χ4v) is 1.88. The average molecular weight is 218 g/mol. The fraction of sp³-hybridized carbons (Fsp3) is 0.500. The molecule has 2 aromatic heterocycles. The van der Waals surface area contributed by atoms with Crippen LogP contribution in [0.25, 0.3) is 11.2 Å². The first kappa shape index (κ1) is 9.38. The fourth-order valence-electron chi connectivity index (χ4n) is 1.88. The Bertz CT molecular complexity index is 515. The zero-order valence-electron chi connectivity index (χ0n) is 9.14. The van der Waals surface area contributed by atoms with Gasteiger partial charge >= 0.3 is 0 Å². The van der Waals surface area contributed by atoms with E-state index in [9.17, 15) is 0 Å². The van der Waals surface area contributed by atoms with Crippen LogP contribution in [0.2, 0.25) is 0 Å². The highest BCUT2D eigenvalue weighted by atomic mass is 15.2. The van der Waals surface area contributed by atoms with Crippen LogP contribution in [0.1, 0.15) is 12.8 Å². The summed E-state index contributed by atoms with van der Waals surface area (Å²) in [6.07, 6.45) is 4.25. The van der Waals surface area contributed by atoms with Gasteiger partial charge in [0, 0.05) is 13.6 Å². The molecule has 0 aromatic carbocycles. The van der Waals surface area contributed by atoms with Crippen LogP contribution in [-0.4, -0.2) is 33.5 Å². The number of H-pyrrole nitrogens is 1. The number of anilines is 2. The molecule has 84 valence electrons. The molecule has 0 aliphatic heterocycles. The van der Waals surface area contributed by atoms with Gasteiger partial charge in [-0.1, -0.05) is 0 Å². The van der Waals surface area contributed by atoms with Gasteiger partial charge in [0.15, 0.2) is 11.5 Å². The van der Waals surface area contributed by atoms with E-state index in [1.54, 1.807) is 6.33 Å². The molecular weight excluding hydrogens is 204 g/mol. The number of aromatic nitrogens is 4. The van der Waals surface area contributed by atoms with Crippen molar-refractivity contribution in [1.29, 1.82) is 0 Å². The van der Waals surface area contributed by atoms with E-state index < -0.39 is 0 Å². The second kappa shape index (κ2) is 3.33. The number of hydrogen-bond acceptors (Lipinski definition) is 5. The van der Waals surface area contributed by atoms with Gasteiger partial charge in [0.1, 0.15) is 5.52 Å². The quantitative estimate of drug-likeness (QED) is 0.795. The van der Waals surface area contributed by atoms with E-state index in [1.165, 1.54) is 12.8 Å². The molecule has 0 spiro atoms. The monoisotopic (exact) mass is 218 g/mol. The predicted octanol–water partition coefficient (Wildman–Crippen LogP) is 0.781. The molecule has 0 atom stereocenters. The Kier molecular flexibility index (Phi) is 1.95. The topological polar surface area (TPSA) is 83.7 Å². The number of aromatic amines is 1. The maximum atomic E-state index is 5.67. The van der Waals surface area contributed by atoms with Gasteiger partial charge in [-0.25, -0.2) is 4.98 Å². The van der Waals surface area contributed by atoms with E-state index in [2.05, 4.69) is 24.8 Å². The summed E-state index contributed by atoms with van der Waals surface area (Å²) in [5, 5.41) is 0. The molecule has 6 nitrogen and oxygen atoms in total. The Morgan fingerprint density at radius 2 is 2.31 bits per heavy atom. The zero-order chi connectivity index (χ0) is 11.1. The Morgan fingerprint density at radius 3 is 3.06 bits per heavy atom. The van der Waals surface area contributed by atoms with Crippen molar-refractivity contribution in [1.82, 2.24) is 19.9 Å². The number of hydrogen-bond donors (Lipinski definition) is 2. The molecule has 0 amide bonds. The number of nitrogens with zero attached hydrogens (tertiary/aromatic N) is 4. The number of nitrogens with one attached hydrogen (secondary N) is 1. The van der Waals surface area contributed by atoms with Gasteiger partial charge in [-0.3, -0.25) is 0 Å². The minimum atomic E-state index is 0.275. The van der Waals surface area contributed by atoms with E-state index in [0.29, 0.717) is 5.65 Å². The average Bonchev–Trinajstić information content (AvgIpc) is 2.93. The smallest absolute Gasteiger partial charge is 0.224 e. The highest BCUT2D eigenvalue weighted by molar-refractivity contribution is 5.83. The SMILES string of the molecule is CN(CC1CC1)c1nc(N)nc2nc[nH]c12. The number of nitrogen functional groups attached to an aromatic ring is 1. The van der Waals surface area contributed by atoms with E-state index in [1.807, 2.05) is 7.05 Å². The summed E-state index contributed by atoms with van der Waals surface area (Å²) in [5.74, 6) is 1.92. The van der Waals surface area contributed by atoms with Crippen molar-refractivity contribution in [2.45, 2.75) is 12.8 Å². The molecule has 2 heterocycles. The highest BCUT2D eigenvalue weighted by Crippen LogP contribution is 2.31. The Hall–Kier alpha value is -1.85. The molecule has 2 aromatic rings. The standard InChI is InChI=1S/C10H14N6/c1-16(4-6-2-3-6)9-7-8(13-5-12-7)14-10(11)15-9/h5-6H,2-4H2,1H3,(H3,11,12,13,14,15). The molecule has 1 saturated carbocycles. The van der Waals surface area contributed by atoms with Crippen LogP contribution in [-0.2, 0) is 0 Å². The van der Waals surface area contributed by atoms with E-state index in [4.69, 9.17) is 5.73 Å². The number of nitrogens with two attached hydrogens (primary N) is 1. The van der Waals surface area contributed by atoms with Crippen molar-refractivity contribution in [3.05, 3.63) is 6.33 Å². The van der Waals surface area contributed by atoms with E-state index >= 15 is 0 Å². The maximum Gasteiger partial charge on any atom is 0.224 e. The molecular formula is C10H14N6. The van der Waals surface area contributed by atoms with Crippen molar-refractivity contribution < 1.29 is 0 Å². The van der Waals surface area contributed by atoms with Crippen LogP contribution < -0.4 is 10.6 Å². The lowest BCUT2D eigenvalue weighted by Gasteiger charge is -2.18. The molecule has 6 heteroatoms. The van der Waals surface area contributed by atoms with Crippen molar-refractivity contribution in [2.75, 3.05) is 24.2 Å². The Balaban J connectivity index is 2.02. The molecule has 16 heavy (non-hydrogen) atoms. The summed E-state index contributed by atoms with van der Waals surface area (Å²) < 4.78 is 0. The van der Waals surface area contributed by atoms with Gasteiger partial charge in [0.2, 0.25) is 5.95 Å². The van der Waals surface area contributed by atoms with Gasteiger partial charge in [-0.15, -0.1) is 0 Å². The van der Waals surface area contributed by atoms with Crippen LogP contribution >= 0.6 is 0 Å². The van der Waals surface area contributed by atoms with Gasteiger partial charge < -0.3 is 15.6 Å². The molecule has 1 aliphatic carbocycles. The summed E-state index contributed by atoms with van der Waals surface area (Å²) in [7, 11) is 2.03. The first-order valence-corrected chi connectivity index (χ1v) is 5.42. The first-order chi connectivity index (χ1) is 7.74. The van der Waals surface area contributed by atoms with Crippen molar-refractivity contribution >= 4 is 22.9 Å². The van der Waals surface area contributed by atoms with Crippen molar-refractivity contribution in [2.24, 2.45) is 5.92 Å². The Labute approximate surface area is 92.9 Å². The van der Waals surface area contributed by atoms with Gasteiger partial charge in [0.25, 0.3) is 0 Å². The molecule has 0 bridgehead atoms. The maximum absolute atomic E-state index is 5.67. The second-order valence-electron chi connectivity index (χ2n) is 4.33. The summed E-state index contributed by atoms with van der Waals surface area (Å²) in [4.78, 5) is 17.6. The van der Waals surface area contributed by atoms with E-state index in [0.717, 1.165) is 23.8 Å². The lowest BCUT2D eigenvalue weighted by molar-refractivity contribution is 0.779. The van der Waals surface area contributed by atoms with Crippen LogP contribution in [0.15, 0.2) is 6.33 Å². The summed E-state index contributed by atoms with van der Waals surface area (Å²) in [5.41, 5.74) is 7.15. The summed E-state index contributed by atoms with van der Waals surface area (Å²) >= 11 is 0. The third-order valence-corrected chi connectivity index (χ3v) is 2.87. The largest absolute Gasteiger partial charge is 0.368 e. The third-order valence-electron chi connectivity index (χ3n) is 2.87. The van der Waals surface area contributed by atoms with Gasteiger partial charge in [-0.05, 0) is 18.8 Å². The normalized spacial score (nSPS) is 15.6. The minimum absolute atomic E-state index is 0.275. The molecule has 0 unspecified atom stereocenters. The lowest BCUT2D eigenvalue weighted by Crippen LogP contribution is -2.22. The number of rotatable bonds is 3. The Morgan fingerprint density at radius 1 is 1.50 bits per heavy atom. The van der Waals surface area contributed by atoms with E-state index in [-0.39, 0.29) is 5.95 Å². The first-order valence-electron chi connectivity index (χ1n) is 5.42. The van der Waals surface area contributed by atoms with Gasteiger partial charge in [0.05, 0.1) is 6.33 Å². The summed E-state index contributed by atoms with van der Waals surface area (Å²) in [6, 6.07) is 0. The predicted molar refractivity (Wildman–Crippen MR) is 62.1 cm³/mol. The van der Waals surface area contributed by atoms with Crippen LogP contribution in [0, 0.1) is 5.92 Å². The molecule has 0 saturated heterocycles. The van der Waals surface area contributed by atoms with Crippen molar-refractivity contribution in [3.63, 3.8) is 0 Å². The zero-order valence-corrected chi connectivity index (χ0v) is 9.14. The molecule has 3 rings (SSSR count). The second-order valence-corrected chi connectivity index (χ2v) is 4.33. The van der Waals surface area contributed by atoms with Gasteiger partial charge in [-0.2, -0.15) is 9.97 Å².